The summed E-state index contributed by atoms with van der Waals surface area (Å²) in [7, 11) is 0. The average molecular weight is 296 g/mol. The highest BCUT2D eigenvalue weighted by Gasteiger charge is 2.28. The summed E-state index contributed by atoms with van der Waals surface area (Å²) in [4.78, 5) is 0. The molecule has 0 saturated heterocycles. The van der Waals surface area contributed by atoms with Gasteiger partial charge in [0, 0.05) is 17.1 Å². The van der Waals surface area contributed by atoms with Gasteiger partial charge in [0.2, 0.25) is 0 Å². The third-order valence-corrected chi connectivity index (χ3v) is 4.62. The van der Waals surface area contributed by atoms with Gasteiger partial charge < -0.3 is 5.32 Å². The molecule has 1 rings (SSSR count). The summed E-state index contributed by atoms with van der Waals surface area (Å²) in [5, 5.41) is 4.58. The molecule has 0 saturated carbocycles. The molecule has 0 aromatic heterocycles. The Hall–Kier alpha value is -0.530. The fraction of sp³-hybridized carbons (Fsp3) is 0.667. The van der Waals surface area contributed by atoms with Crippen LogP contribution in [0.25, 0.3) is 0 Å². The van der Waals surface area contributed by atoms with E-state index in [1.165, 1.54) is 11.1 Å². The highest BCUT2D eigenvalue weighted by atomic mass is 35.5. The van der Waals surface area contributed by atoms with E-state index < -0.39 is 0 Å². The lowest BCUT2D eigenvalue weighted by molar-refractivity contribution is 0.220. The first-order chi connectivity index (χ1) is 9.21. The topological polar surface area (TPSA) is 12.0 Å². The molecule has 0 radical (unpaired) electrons. The molecule has 20 heavy (non-hydrogen) atoms. The van der Waals surface area contributed by atoms with Crippen LogP contribution in [0.4, 0.5) is 0 Å². The van der Waals surface area contributed by atoms with Crippen LogP contribution in [0.3, 0.4) is 0 Å². The maximum atomic E-state index is 6.42. The van der Waals surface area contributed by atoms with Gasteiger partial charge in [0.15, 0.2) is 0 Å². The van der Waals surface area contributed by atoms with E-state index in [1.807, 2.05) is 0 Å². The molecule has 0 atom stereocenters. The summed E-state index contributed by atoms with van der Waals surface area (Å²) in [6, 6.07) is 6.42. The molecule has 0 amide bonds. The van der Waals surface area contributed by atoms with Crippen molar-refractivity contribution < 1.29 is 0 Å². The molecule has 1 nitrogen and oxygen atoms in total. The van der Waals surface area contributed by atoms with Gasteiger partial charge in [-0.15, -0.1) is 0 Å². The number of hydrogen-bond donors (Lipinski definition) is 1. The summed E-state index contributed by atoms with van der Waals surface area (Å²) in [6.45, 7) is 14.4. The lowest BCUT2D eigenvalue weighted by Crippen LogP contribution is -2.44. The second-order valence-electron chi connectivity index (χ2n) is 7.08. The Labute approximate surface area is 130 Å². The molecule has 0 spiro atoms. The van der Waals surface area contributed by atoms with E-state index in [2.05, 4.69) is 65.1 Å². The second-order valence-corrected chi connectivity index (χ2v) is 7.49. The van der Waals surface area contributed by atoms with E-state index in [0.717, 1.165) is 30.8 Å². The van der Waals surface area contributed by atoms with Gasteiger partial charge in [-0.3, -0.25) is 0 Å². The summed E-state index contributed by atoms with van der Waals surface area (Å²) in [5.41, 5.74) is 2.94. The summed E-state index contributed by atoms with van der Waals surface area (Å²) >= 11 is 6.42. The average Bonchev–Trinajstić information content (AvgIpc) is 2.36. The van der Waals surface area contributed by atoms with Crippen molar-refractivity contribution in [1.29, 1.82) is 0 Å². The van der Waals surface area contributed by atoms with E-state index in [9.17, 15) is 0 Å². The van der Waals surface area contributed by atoms with Crippen molar-refractivity contribution in [3.05, 3.63) is 34.3 Å². The third-order valence-electron chi connectivity index (χ3n) is 4.27. The zero-order valence-electron chi connectivity index (χ0n) is 13.9. The molecule has 0 unspecified atom stereocenters. The fourth-order valence-electron chi connectivity index (χ4n) is 2.46. The summed E-state index contributed by atoms with van der Waals surface area (Å²) in [6.07, 6.45) is 3.37. The first-order valence-electron chi connectivity index (χ1n) is 7.71. The quantitative estimate of drug-likeness (QED) is 0.742. The van der Waals surface area contributed by atoms with Gasteiger partial charge in [-0.25, -0.2) is 0 Å². The highest BCUT2D eigenvalue weighted by molar-refractivity contribution is 6.31. The van der Waals surface area contributed by atoms with Crippen LogP contribution in [0.1, 0.15) is 58.6 Å². The summed E-state index contributed by atoms with van der Waals surface area (Å²) < 4.78 is 0. The minimum atomic E-state index is 0.159. The van der Waals surface area contributed by atoms with Gasteiger partial charge in [0.25, 0.3) is 0 Å². The number of rotatable bonds is 6. The number of aryl methyl sites for hydroxylation is 1. The molecule has 0 bridgehead atoms. The van der Waals surface area contributed by atoms with Crippen molar-refractivity contribution in [2.45, 2.75) is 66.3 Å². The molecule has 1 aromatic carbocycles. The highest BCUT2D eigenvalue weighted by Crippen LogP contribution is 2.33. The van der Waals surface area contributed by atoms with Crippen LogP contribution in [0.5, 0.6) is 0 Å². The largest absolute Gasteiger partial charge is 0.312 e. The zero-order chi connectivity index (χ0) is 15.4. The van der Waals surface area contributed by atoms with Crippen LogP contribution in [0.2, 0.25) is 5.02 Å². The number of benzene rings is 1. The van der Waals surface area contributed by atoms with Crippen molar-refractivity contribution in [2.75, 3.05) is 6.54 Å². The standard InChI is InChI=1S/C18H30ClN/c1-7-18(8-2,13-20-17(4,5)6)12-15-10-9-14(3)11-16(15)19/h9-11,20H,7-8,12-13H2,1-6H3. The predicted molar refractivity (Wildman–Crippen MR) is 90.7 cm³/mol. The van der Waals surface area contributed by atoms with Crippen LogP contribution in [0, 0.1) is 12.3 Å². The normalized spacial score (nSPS) is 12.8. The van der Waals surface area contributed by atoms with Crippen molar-refractivity contribution in [3.8, 4) is 0 Å². The molecule has 1 N–H and O–H groups in total. The molecule has 0 aliphatic carbocycles. The van der Waals surface area contributed by atoms with Crippen molar-refractivity contribution in [2.24, 2.45) is 5.41 Å². The Bertz CT molecular complexity index is 428. The molecule has 2 heteroatoms. The van der Waals surface area contributed by atoms with Crippen LogP contribution in [-0.4, -0.2) is 12.1 Å². The SMILES string of the molecule is CCC(CC)(CNC(C)(C)C)Cc1ccc(C)cc1Cl. The molecular formula is C18H30ClN. The monoisotopic (exact) mass is 295 g/mol. The summed E-state index contributed by atoms with van der Waals surface area (Å²) in [5.74, 6) is 0. The van der Waals surface area contributed by atoms with Crippen LogP contribution in [-0.2, 0) is 6.42 Å². The van der Waals surface area contributed by atoms with Gasteiger partial charge in [-0.1, -0.05) is 37.6 Å². The number of hydrogen-bond acceptors (Lipinski definition) is 1. The van der Waals surface area contributed by atoms with Crippen molar-refractivity contribution in [1.82, 2.24) is 5.32 Å². The van der Waals surface area contributed by atoms with Gasteiger partial charge >= 0.3 is 0 Å². The zero-order valence-corrected chi connectivity index (χ0v) is 14.7. The van der Waals surface area contributed by atoms with Crippen LogP contribution in [0.15, 0.2) is 18.2 Å². The Morgan fingerprint density at radius 3 is 2.15 bits per heavy atom. The number of nitrogens with one attached hydrogen (secondary N) is 1. The Morgan fingerprint density at radius 2 is 1.70 bits per heavy atom. The van der Waals surface area contributed by atoms with Gasteiger partial charge in [0.05, 0.1) is 0 Å². The molecular weight excluding hydrogens is 266 g/mol. The van der Waals surface area contributed by atoms with Crippen LogP contribution >= 0.6 is 11.6 Å². The van der Waals surface area contributed by atoms with E-state index in [-0.39, 0.29) is 11.0 Å². The Kier molecular flexibility index (Phi) is 6.09. The van der Waals surface area contributed by atoms with E-state index >= 15 is 0 Å². The Morgan fingerprint density at radius 1 is 1.10 bits per heavy atom. The molecule has 114 valence electrons. The molecule has 0 fully saturated rings. The molecule has 0 heterocycles. The first kappa shape index (κ1) is 17.5. The predicted octanol–water partition coefficient (Wildman–Crippen LogP) is 5.39. The van der Waals surface area contributed by atoms with Crippen LogP contribution < -0.4 is 5.32 Å². The van der Waals surface area contributed by atoms with Gasteiger partial charge in [0.1, 0.15) is 0 Å². The fourth-order valence-corrected chi connectivity index (χ4v) is 2.77. The van der Waals surface area contributed by atoms with E-state index in [0.29, 0.717) is 0 Å². The van der Waals surface area contributed by atoms with Gasteiger partial charge in [-0.05, 0) is 69.6 Å². The molecule has 0 aliphatic rings. The maximum Gasteiger partial charge on any atom is 0.0440 e. The third kappa shape index (κ3) is 5.10. The second kappa shape index (κ2) is 6.95. The van der Waals surface area contributed by atoms with Crippen molar-refractivity contribution in [3.63, 3.8) is 0 Å². The minimum Gasteiger partial charge on any atom is -0.312 e. The van der Waals surface area contributed by atoms with E-state index in [1.54, 1.807) is 0 Å². The first-order valence-corrected chi connectivity index (χ1v) is 8.09. The lowest BCUT2D eigenvalue weighted by Gasteiger charge is -2.36. The lowest BCUT2D eigenvalue weighted by atomic mass is 9.76. The smallest absolute Gasteiger partial charge is 0.0440 e. The van der Waals surface area contributed by atoms with Gasteiger partial charge in [-0.2, -0.15) is 0 Å². The maximum absolute atomic E-state index is 6.42. The van der Waals surface area contributed by atoms with E-state index in [4.69, 9.17) is 11.6 Å². The Balaban J connectivity index is 2.90. The molecule has 1 aromatic rings. The number of halogens is 1. The van der Waals surface area contributed by atoms with Crippen molar-refractivity contribution >= 4 is 11.6 Å². The minimum absolute atomic E-state index is 0.159. The molecule has 0 aliphatic heterocycles.